The first-order chi connectivity index (χ1) is 17.6. The summed E-state index contributed by atoms with van der Waals surface area (Å²) in [5, 5.41) is 3.41. The molecule has 0 spiro atoms. The highest BCUT2D eigenvalue weighted by Gasteiger charge is 2.32. The molecule has 1 aliphatic heterocycles. The first kappa shape index (κ1) is 26.9. The van der Waals surface area contributed by atoms with Gasteiger partial charge in [-0.2, -0.15) is 0 Å². The monoisotopic (exact) mass is 525 g/mol. The smallest absolute Gasteiger partial charge is 0.415 e. The summed E-state index contributed by atoms with van der Waals surface area (Å²) >= 11 is 0. The maximum Gasteiger partial charge on any atom is 0.415 e. The molecule has 3 aromatic rings. The fourth-order valence-electron chi connectivity index (χ4n) is 4.12. The number of amides is 2. The number of halogens is 1. The molecule has 4 rings (SSSR count). The quantitative estimate of drug-likeness (QED) is 0.429. The molecule has 0 radical (unpaired) electrons. The van der Waals surface area contributed by atoms with Crippen LogP contribution in [0.4, 0.5) is 31.2 Å². The largest absolute Gasteiger partial charge is 0.474 e. The Morgan fingerprint density at radius 2 is 1.74 bits per heavy atom. The molecule has 1 aliphatic rings. The van der Waals surface area contributed by atoms with Gasteiger partial charge in [0.1, 0.15) is 29.3 Å². The van der Waals surface area contributed by atoms with E-state index >= 15 is 4.39 Å². The average molecular weight is 526 g/mol. The van der Waals surface area contributed by atoms with E-state index in [0.717, 1.165) is 0 Å². The van der Waals surface area contributed by atoms with Crippen molar-refractivity contribution in [3.05, 3.63) is 35.9 Å². The van der Waals surface area contributed by atoms with Gasteiger partial charge in [-0.3, -0.25) is 10.2 Å². The van der Waals surface area contributed by atoms with E-state index in [1.54, 1.807) is 60.6 Å². The van der Waals surface area contributed by atoms with Gasteiger partial charge in [0.15, 0.2) is 5.82 Å². The minimum absolute atomic E-state index is 0.114. The second-order valence-electron chi connectivity index (χ2n) is 11.0. The third-order valence-corrected chi connectivity index (χ3v) is 5.61. The van der Waals surface area contributed by atoms with Crippen LogP contribution >= 0.6 is 0 Å². The van der Waals surface area contributed by atoms with E-state index < -0.39 is 29.2 Å². The Hall–Kier alpha value is -4.15. The number of hydrogen-bond donors (Lipinski definition) is 2. The number of hydrogen-bond acceptors (Lipinski definition) is 8. The fraction of sp³-hybridized carbons (Fsp3) is 0.407. The summed E-state index contributed by atoms with van der Waals surface area (Å²) in [5.74, 6) is -0.256. The van der Waals surface area contributed by atoms with Crippen molar-refractivity contribution in [2.45, 2.75) is 59.7 Å². The summed E-state index contributed by atoms with van der Waals surface area (Å²) in [4.78, 5) is 35.5. The van der Waals surface area contributed by atoms with Crippen LogP contribution in [0, 0.1) is 12.7 Å². The van der Waals surface area contributed by atoms with Crippen molar-refractivity contribution in [2.24, 2.45) is 0 Å². The SMILES string of the molecule is Cc1c(-c2cc3cc(N)ncc3c(NC(=O)OC(C)(C)C)c2F)cnc2c1N(C(=O)OC(C)(C)C)CCO2. The first-order valence-electron chi connectivity index (χ1n) is 12.2. The van der Waals surface area contributed by atoms with Crippen molar-refractivity contribution in [1.29, 1.82) is 0 Å². The molecule has 0 aliphatic carbocycles. The standard InChI is InChI=1S/C27H32FN5O5/c1-14-17(12-31-23-22(14)33(8-9-36-23)25(35)38-27(5,6)7)16-10-15-11-19(29)30-13-18(15)21(20(16)28)32-24(34)37-26(2,3)4/h10-13H,8-9H2,1-7H3,(H2,29,30)(H,32,34). The van der Waals surface area contributed by atoms with Crippen LogP contribution in [-0.4, -0.2) is 46.5 Å². The lowest BCUT2D eigenvalue weighted by molar-refractivity contribution is 0.0565. The third kappa shape index (κ3) is 5.56. The molecule has 0 unspecified atom stereocenters. The van der Waals surface area contributed by atoms with Crippen molar-refractivity contribution in [1.82, 2.24) is 9.97 Å². The summed E-state index contributed by atoms with van der Waals surface area (Å²) in [6.45, 7) is 12.7. The first-order valence-corrected chi connectivity index (χ1v) is 12.2. The van der Waals surface area contributed by atoms with E-state index in [2.05, 4.69) is 15.3 Å². The van der Waals surface area contributed by atoms with Crippen LogP contribution in [0.2, 0.25) is 0 Å². The molecule has 2 amide bonds. The molecule has 10 nitrogen and oxygen atoms in total. The number of benzene rings is 1. The Balaban J connectivity index is 1.88. The molecule has 0 saturated heterocycles. The molecule has 38 heavy (non-hydrogen) atoms. The van der Waals surface area contributed by atoms with Crippen LogP contribution in [-0.2, 0) is 9.47 Å². The van der Waals surface area contributed by atoms with Crippen LogP contribution in [0.25, 0.3) is 21.9 Å². The van der Waals surface area contributed by atoms with Gasteiger partial charge in [-0.1, -0.05) is 0 Å². The number of carbonyl (C=O) groups is 2. The van der Waals surface area contributed by atoms with Gasteiger partial charge in [0, 0.05) is 28.9 Å². The number of fused-ring (bicyclic) bond motifs is 2. The highest BCUT2D eigenvalue weighted by atomic mass is 19.1. The Morgan fingerprint density at radius 3 is 2.39 bits per heavy atom. The van der Waals surface area contributed by atoms with Crippen LogP contribution in [0.15, 0.2) is 24.5 Å². The zero-order chi connectivity index (χ0) is 28.0. The number of nitrogens with one attached hydrogen (secondary N) is 1. The second-order valence-corrected chi connectivity index (χ2v) is 11.0. The number of nitrogens with two attached hydrogens (primary N) is 1. The highest BCUT2D eigenvalue weighted by molar-refractivity contribution is 6.04. The Kier molecular flexibility index (Phi) is 6.81. The van der Waals surface area contributed by atoms with Gasteiger partial charge >= 0.3 is 12.2 Å². The van der Waals surface area contributed by atoms with E-state index in [9.17, 15) is 9.59 Å². The van der Waals surface area contributed by atoms with E-state index in [1.165, 1.54) is 17.3 Å². The van der Waals surface area contributed by atoms with Crippen molar-refractivity contribution in [3.63, 3.8) is 0 Å². The van der Waals surface area contributed by atoms with E-state index in [1.807, 2.05) is 0 Å². The van der Waals surface area contributed by atoms with Crippen molar-refractivity contribution in [3.8, 4) is 17.0 Å². The van der Waals surface area contributed by atoms with Gasteiger partial charge in [-0.05, 0) is 71.5 Å². The number of pyridine rings is 2. The van der Waals surface area contributed by atoms with Crippen LogP contribution in [0.3, 0.4) is 0 Å². The minimum atomic E-state index is -0.823. The Morgan fingerprint density at radius 1 is 1.05 bits per heavy atom. The van der Waals surface area contributed by atoms with Crippen LogP contribution in [0.1, 0.15) is 47.1 Å². The van der Waals surface area contributed by atoms with E-state index in [4.69, 9.17) is 19.9 Å². The molecule has 0 bridgehead atoms. The van der Waals surface area contributed by atoms with Gasteiger partial charge in [0.25, 0.3) is 0 Å². The lowest BCUT2D eigenvalue weighted by atomic mass is 9.96. The predicted molar refractivity (Wildman–Crippen MR) is 143 cm³/mol. The molecular weight excluding hydrogens is 493 g/mol. The third-order valence-electron chi connectivity index (χ3n) is 5.61. The molecule has 3 N–H and O–H groups in total. The van der Waals surface area contributed by atoms with Gasteiger partial charge in [-0.25, -0.2) is 23.9 Å². The normalized spacial score (nSPS) is 13.5. The molecule has 1 aromatic carbocycles. The molecule has 0 saturated carbocycles. The molecule has 3 heterocycles. The number of rotatable bonds is 2. The topological polar surface area (TPSA) is 129 Å². The number of nitrogens with zero attached hydrogens (tertiary/aromatic N) is 3. The van der Waals surface area contributed by atoms with Crippen molar-refractivity contribution < 1.29 is 28.2 Å². The number of aromatic nitrogens is 2. The van der Waals surface area contributed by atoms with E-state index in [0.29, 0.717) is 27.6 Å². The van der Waals surface area contributed by atoms with Crippen LogP contribution in [0.5, 0.6) is 5.88 Å². The molecule has 0 fully saturated rings. The lowest BCUT2D eigenvalue weighted by Gasteiger charge is -2.32. The molecule has 2 aromatic heterocycles. The maximum absolute atomic E-state index is 16.2. The molecular formula is C27H32FN5O5. The molecule has 0 atom stereocenters. The number of nitrogen functional groups attached to an aromatic ring is 1. The van der Waals surface area contributed by atoms with Gasteiger partial charge in [0.2, 0.25) is 5.88 Å². The van der Waals surface area contributed by atoms with Crippen molar-refractivity contribution in [2.75, 3.05) is 29.1 Å². The number of carbonyl (C=O) groups excluding carboxylic acids is 2. The Bertz CT molecular complexity index is 1430. The van der Waals surface area contributed by atoms with Gasteiger partial charge < -0.3 is 19.9 Å². The summed E-state index contributed by atoms with van der Waals surface area (Å²) in [5.41, 5.74) is 5.75. The van der Waals surface area contributed by atoms with E-state index in [-0.39, 0.29) is 36.1 Å². The summed E-state index contributed by atoms with van der Waals surface area (Å²) in [7, 11) is 0. The second kappa shape index (κ2) is 9.62. The summed E-state index contributed by atoms with van der Waals surface area (Å²) in [6.07, 6.45) is 1.48. The zero-order valence-corrected chi connectivity index (χ0v) is 22.6. The maximum atomic E-state index is 16.2. The van der Waals surface area contributed by atoms with Gasteiger partial charge in [-0.15, -0.1) is 0 Å². The predicted octanol–water partition coefficient (Wildman–Crippen LogP) is 5.81. The summed E-state index contributed by atoms with van der Waals surface area (Å²) < 4.78 is 32.8. The minimum Gasteiger partial charge on any atom is -0.474 e. The average Bonchev–Trinajstić information content (AvgIpc) is 2.78. The highest BCUT2D eigenvalue weighted by Crippen LogP contribution is 2.42. The Labute approximate surface area is 220 Å². The number of ether oxygens (including phenoxy) is 3. The fourth-order valence-corrected chi connectivity index (χ4v) is 4.12. The van der Waals surface area contributed by atoms with Gasteiger partial charge in [0.05, 0.1) is 12.2 Å². The molecule has 11 heteroatoms. The zero-order valence-electron chi connectivity index (χ0n) is 22.6. The molecule has 202 valence electrons. The van der Waals surface area contributed by atoms with Crippen molar-refractivity contribution >= 4 is 40.2 Å². The van der Waals surface area contributed by atoms with Crippen LogP contribution < -0.4 is 20.7 Å². The summed E-state index contributed by atoms with van der Waals surface area (Å²) in [6, 6.07) is 3.18. The number of anilines is 3. The lowest BCUT2D eigenvalue weighted by Crippen LogP contribution is -2.42.